The molecule has 1 spiro atoms. The summed E-state index contributed by atoms with van der Waals surface area (Å²) >= 11 is 0. The number of hydrogen-bond donors (Lipinski definition) is 1. The Labute approximate surface area is 94.0 Å². The molecule has 1 aliphatic heterocycles. The van der Waals surface area contributed by atoms with Gasteiger partial charge in [0.15, 0.2) is 0 Å². The second-order valence-corrected chi connectivity index (χ2v) is 4.53. The van der Waals surface area contributed by atoms with Crippen LogP contribution < -0.4 is 15.4 Å². The number of nitrogens with zero attached hydrogens (tertiary/aromatic N) is 1. The fraction of sp³-hybridized carbons (Fsp3) is 0.417. The van der Waals surface area contributed by atoms with Crippen LogP contribution >= 0.6 is 0 Å². The number of likely N-dealkylation sites (N-methyl/N-ethyl adjacent to an activating group) is 1. The van der Waals surface area contributed by atoms with Crippen LogP contribution in [0.4, 0.5) is 5.69 Å². The highest BCUT2D eigenvalue weighted by molar-refractivity contribution is 6.11. The summed E-state index contributed by atoms with van der Waals surface area (Å²) < 4.78 is 5.17. The zero-order valence-corrected chi connectivity index (χ0v) is 9.36. The molecule has 4 nitrogen and oxygen atoms in total. The van der Waals surface area contributed by atoms with E-state index >= 15 is 0 Å². The summed E-state index contributed by atoms with van der Waals surface area (Å²) in [6.07, 6.45) is 0.759. The van der Waals surface area contributed by atoms with Crippen LogP contribution in [0, 0.1) is 0 Å². The molecule has 0 bridgehead atoms. The van der Waals surface area contributed by atoms with Gasteiger partial charge in [-0.2, -0.15) is 0 Å². The van der Waals surface area contributed by atoms with Gasteiger partial charge in [-0.05, 0) is 18.1 Å². The Balaban J connectivity index is 2.17. The Morgan fingerprint density at radius 1 is 1.56 bits per heavy atom. The highest BCUT2D eigenvalue weighted by Gasteiger charge is 2.64. The minimum absolute atomic E-state index is 0.0305. The fourth-order valence-corrected chi connectivity index (χ4v) is 2.66. The SMILES string of the molecule is COc1ccc2c(c1)N(C)C(=O)C21CC1N. The first-order valence-electron chi connectivity index (χ1n) is 5.33. The van der Waals surface area contributed by atoms with Crippen molar-refractivity contribution in [3.8, 4) is 5.75 Å². The summed E-state index contributed by atoms with van der Waals surface area (Å²) in [5.74, 6) is 0.882. The van der Waals surface area contributed by atoms with Gasteiger partial charge in [-0.25, -0.2) is 0 Å². The van der Waals surface area contributed by atoms with E-state index in [4.69, 9.17) is 10.5 Å². The highest BCUT2D eigenvalue weighted by Crippen LogP contribution is 2.56. The third kappa shape index (κ3) is 0.906. The van der Waals surface area contributed by atoms with Gasteiger partial charge in [0, 0.05) is 19.2 Å². The number of benzene rings is 1. The molecule has 2 unspecified atom stereocenters. The summed E-state index contributed by atoms with van der Waals surface area (Å²) in [6.45, 7) is 0. The molecule has 1 saturated carbocycles. The average molecular weight is 218 g/mol. The Kier molecular flexibility index (Phi) is 1.67. The third-order valence-corrected chi connectivity index (χ3v) is 3.75. The maximum atomic E-state index is 12.2. The number of fused-ring (bicyclic) bond motifs is 2. The molecule has 2 N–H and O–H groups in total. The van der Waals surface area contributed by atoms with E-state index in [0.717, 1.165) is 23.4 Å². The summed E-state index contributed by atoms with van der Waals surface area (Å²) in [5, 5.41) is 0. The van der Waals surface area contributed by atoms with Gasteiger partial charge >= 0.3 is 0 Å². The van der Waals surface area contributed by atoms with Crippen LogP contribution in [0.5, 0.6) is 5.75 Å². The van der Waals surface area contributed by atoms with Crippen LogP contribution in [-0.4, -0.2) is 26.1 Å². The predicted molar refractivity (Wildman–Crippen MR) is 60.7 cm³/mol. The second kappa shape index (κ2) is 2.77. The molecule has 2 aliphatic rings. The molecule has 2 atom stereocenters. The van der Waals surface area contributed by atoms with Gasteiger partial charge < -0.3 is 15.4 Å². The van der Waals surface area contributed by atoms with E-state index in [2.05, 4.69) is 0 Å². The van der Waals surface area contributed by atoms with E-state index in [1.165, 1.54) is 0 Å². The maximum absolute atomic E-state index is 12.2. The number of carbonyl (C=O) groups excluding carboxylic acids is 1. The Hall–Kier alpha value is -1.55. The lowest BCUT2D eigenvalue weighted by atomic mass is 9.97. The van der Waals surface area contributed by atoms with Gasteiger partial charge in [0.1, 0.15) is 5.75 Å². The first-order chi connectivity index (χ1) is 7.61. The molecule has 1 aliphatic carbocycles. The Morgan fingerprint density at radius 3 is 2.81 bits per heavy atom. The molecule has 84 valence electrons. The average Bonchev–Trinajstić information content (AvgIpc) is 2.94. The number of anilines is 1. The van der Waals surface area contributed by atoms with Crippen molar-refractivity contribution in [3.05, 3.63) is 23.8 Å². The minimum Gasteiger partial charge on any atom is -0.497 e. The van der Waals surface area contributed by atoms with E-state index in [1.54, 1.807) is 19.1 Å². The third-order valence-electron chi connectivity index (χ3n) is 3.75. The molecule has 1 fully saturated rings. The van der Waals surface area contributed by atoms with Gasteiger partial charge in [0.05, 0.1) is 18.2 Å². The summed E-state index contributed by atoms with van der Waals surface area (Å²) in [5.41, 5.74) is 7.47. The number of ether oxygens (including phenoxy) is 1. The number of amides is 1. The van der Waals surface area contributed by atoms with Gasteiger partial charge in [0.2, 0.25) is 5.91 Å². The first kappa shape index (κ1) is 9.66. The topological polar surface area (TPSA) is 55.6 Å². The molecule has 0 radical (unpaired) electrons. The molecule has 1 aromatic rings. The van der Waals surface area contributed by atoms with Crippen molar-refractivity contribution in [2.24, 2.45) is 5.73 Å². The second-order valence-electron chi connectivity index (χ2n) is 4.53. The van der Waals surface area contributed by atoms with Crippen LogP contribution in [0.3, 0.4) is 0 Å². The van der Waals surface area contributed by atoms with Crippen molar-refractivity contribution < 1.29 is 9.53 Å². The summed E-state index contributed by atoms with van der Waals surface area (Å²) in [4.78, 5) is 13.8. The molecule has 0 saturated heterocycles. The molecular formula is C12H14N2O2. The maximum Gasteiger partial charge on any atom is 0.239 e. The van der Waals surface area contributed by atoms with Gasteiger partial charge in [-0.1, -0.05) is 6.07 Å². The standard InChI is InChI=1S/C12H14N2O2/c1-14-9-5-7(16-2)3-4-8(9)12(11(14)15)6-10(12)13/h3-5,10H,6,13H2,1-2H3. The summed E-state index contributed by atoms with van der Waals surface area (Å²) in [7, 11) is 3.41. The first-order valence-corrected chi connectivity index (χ1v) is 5.33. The summed E-state index contributed by atoms with van der Waals surface area (Å²) in [6, 6.07) is 5.71. The van der Waals surface area contributed by atoms with E-state index in [1.807, 2.05) is 18.2 Å². The molecule has 0 aromatic heterocycles. The number of hydrogen-bond acceptors (Lipinski definition) is 3. The van der Waals surface area contributed by atoms with Crippen molar-refractivity contribution in [2.45, 2.75) is 17.9 Å². The fourth-order valence-electron chi connectivity index (χ4n) is 2.66. The van der Waals surface area contributed by atoms with Gasteiger partial charge in [-0.3, -0.25) is 4.79 Å². The zero-order chi connectivity index (χ0) is 11.5. The van der Waals surface area contributed by atoms with Crippen LogP contribution in [0.15, 0.2) is 18.2 Å². The zero-order valence-electron chi connectivity index (χ0n) is 9.36. The minimum atomic E-state index is -0.434. The van der Waals surface area contributed by atoms with Crippen LogP contribution in [0.1, 0.15) is 12.0 Å². The van der Waals surface area contributed by atoms with Gasteiger partial charge in [0.25, 0.3) is 0 Å². The predicted octanol–water partition coefficient (Wildman–Crippen LogP) is 0.640. The van der Waals surface area contributed by atoms with E-state index in [-0.39, 0.29) is 11.9 Å². The van der Waals surface area contributed by atoms with Gasteiger partial charge in [-0.15, -0.1) is 0 Å². The number of carbonyl (C=O) groups is 1. The lowest BCUT2D eigenvalue weighted by Gasteiger charge is -2.10. The molecule has 16 heavy (non-hydrogen) atoms. The monoisotopic (exact) mass is 218 g/mol. The number of nitrogens with two attached hydrogens (primary N) is 1. The van der Waals surface area contributed by atoms with Crippen LogP contribution in [-0.2, 0) is 10.2 Å². The largest absolute Gasteiger partial charge is 0.497 e. The lowest BCUT2D eigenvalue weighted by Crippen LogP contribution is -2.32. The molecule has 4 heteroatoms. The molecule has 3 rings (SSSR count). The van der Waals surface area contributed by atoms with Crippen LogP contribution in [0.2, 0.25) is 0 Å². The Bertz CT molecular complexity index is 486. The molecule has 1 heterocycles. The van der Waals surface area contributed by atoms with Crippen molar-refractivity contribution >= 4 is 11.6 Å². The molecular weight excluding hydrogens is 204 g/mol. The number of methoxy groups -OCH3 is 1. The van der Waals surface area contributed by atoms with Crippen molar-refractivity contribution in [3.63, 3.8) is 0 Å². The molecule has 1 aromatic carbocycles. The van der Waals surface area contributed by atoms with E-state index in [0.29, 0.717) is 0 Å². The normalized spacial score (nSPS) is 30.8. The van der Waals surface area contributed by atoms with E-state index < -0.39 is 5.41 Å². The van der Waals surface area contributed by atoms with Crippen LogP contribution in [0.25, 0.3) is 0 Å². The van der Waals surface area contributed by atoms with Crippen molar-refractivity contribution in [2.75, 3.05) is 19.1 Å². The number of rotatable bonds is 1. The lowest BCUT2D eigenvalue weighted by molar-refractivity contribution is -0.120. The Morgan fingerprint density at radius 2 is 2.25 bits per heavy atom. The smallest absolute Gasteiger partial charge is 0.239 e. The quantitative estimate of drug-likeness (QED) is 0.752. The van der Waals surface area contributed by atoms with Crippen molar-refractivity contribution in [1.29, 1.82) is 0 Å². The molecule has 1 amide bonds. The van der Waals surface area contributed by atoms with Crippen molar-refractivity contribution in [1.82, 2.24) is 0 Å². The van der Waals surface area contributed by atoms with E-state index in [9.17, 15) is 4.79 Å². The highest BCUT2D eigenvalue weighted by atomic mass is 16.5.